The molecule has 15 heteroatoms. The molecule has 6 aromatic rings. The third-order valence-corrected chi connectivity index (χ3v) is 9.80. The number of aldehydes is 1. The number of carbonyl (C=O) groups excluding carboxylic acids is 1. The lowest BCUT2D eigenvalue weighted by molar-refractivity contribution is 0.112. The molecule has 0 amide bonds. The van der Waals surface area contributed by atoms with Crippen molar-refractivity contribution in [3.8, 4) is 58.1 Å². The topological polar surface area (TPSA) is 202 Å². The van der Waals surface area contributed by atoms with Crippen LogP contribution in [-0.4, -0.2) is 56.6 Å². The smallest absolute Gasteiger partial charge is 0.298 e. The Hall–Kier alpha value is -7.12. The van der Waals surface area contributed by atoms with Crippen LogP contribution in [0.3, 0.4) is 0 Å². The number of nitrogens with two attached hydrogens (primary N) is 1. The van der Waals surface area contributed by atoms with Gasteiger partial charge in [-0.25, -0.2) is 6.57 Å². The molecule has 1 atom stereocenters. The first-order valence-electron chi connectivity index (χ1n) is 17.1. The predicted octanol–water partition coefficient (Wildman–Crippen LogP) is 9.50. The number of methoxy groups -OCH3 is 4. The molecule has 59 heavy (non-hydrogen) atoms. The quantitative estimate of drug-likeness (QED) is 0.0701. The molecule has 5 N–H and O–H groups in total. The van der Waals surface area contributed by atoms with Crippen LogP contribution >= 0.6 is 31.9 Å². The monoisotopic (exact) mass is 922 g/mol. The van der Waals surface area contributed by atoms with E-state index in [1.807, 2.05) is 30.3 Å². The molecule has 300 valence electrons. The van der Waals surface area contributed by atoms with Crippen LogP contribution in [0.1, 0.15) is 27.4 Å². The summed E-state index contributed by atoms with van der Waals surface area (Å²) in [6.45, 7) is 5.99. The van der Waals surface area contributed by atoms with E-state index in [2.05, 4.69) is 42.8 Å². The van der Waals surface area contributed by atoms with Gasteiger partial charge in [-0.05, 0) is 79.9 Å². The molecular formula is C44H36Br2N4O9. The summed E-state index contributed by atoms with van der Waals surface area (Å²) in [4.78, 5) is 13.3. The minimum Gasteiger partial charge on any atom is -0.507 e. The van der Waals surface area contributed by atoms with Crippen LogP contribution in [0, 0.1) is 29.2 Å². The minimum absolute atomic E-state index is 0.0139. The maximum absolute atomic E-state index is 10.5. The number of carbonyl (C=O) groups is 1. The van der Waals surface area contributed by atoms with Gasteiger partial charge in [0.2, 0.25) is 5.88 Å². The van der Waals surface area contributed by atoms with Crippen LogP contribution in [0.15, 0.2) is 111 Å². The van der Waals surface area contributed by atoms with Gasteiger partial charge in [0.25, 0.3) is 6.54 Å². The Morgan fingerprint density at radius 2 is 1.27 bits per heavy atom. The van der Waals surface area contributed by atoms with Gasteiger partial charge in [0.1, 0.15) is 47.0 Å². The number of nitriles is 2. The molecule has 1 aliphatic rings. The normalized spacial score (nSPS) is 12.2. The van der Waals surface area contributed by atoms with Gasteiger partial charge < -0.3 is 49.6 Å². The summed E-state index contributed by atoms with van der Waals surface area (Å²) in [7, 11) is 6.18. The highest BCUT2D eigenvalue weighted by Crippen LogP contribution is 2.49. The van der Waals surface area contributed by atoms with E-state index in [-0.39, 0.29) is 29.7 Å². The Balaban J connectivity index is 0.000000211. The molecule has 0 saturated heterocycles. The lowest BCUT2D eigenvalue weighted by Gasteiger charge is -2.28. The highest BCUT2D eigenvalue weighted by atomic mass is 79.9. The molecule has 0 aliphatic carbocycles. The first-order chi connectivity index (χ1) is 28.4. The van der Waals surface area contributed by atoms with Gasteiger partial charge in [0.15, 0.2) is 23.0 Å². The highest BCUT2D eigenvalue weighted by molar-refractivity contribution is 9.11. The third-order valence-electron chi connectivity index (χ3n) is 8.62. The van der Waals surface area contributed by atoms with E-state index >= 15 is 0 Å². The van der Waals surface area contributed by atoms with Crippen molar-refractivity contribution in [1.29, 1.82) is 10.5 Å². The second kappa shape index (κ2) is 20.9. The third kappa shape index (κ3) is 10.1. The molecule has 0 radical (unpaired) electrons. The van der Waals surface area contributed by atoms with Crippen molar-refractivity contribution in [1.82, 2.24) is 0 Å². The zero-order chi connectivity index (χ0) is 43.2. The Bertz CT molecular complexity index is 2610. The number of hydrogen-bond acceptors (Lipinski definition) is 12. The molecule has 1 heterocycles. The summed E-state index contributed by atoms with van der Waals surface area (Å²) < 4.78 is 28.2. The maximum Gasteiger partial charge on any atom is 0.298 e. The van der Waals surface area contributed by atoms with Crippen LogP contribution in [0.25, 0.3) is 26.4 Å². The van der Waals surface area contributed by atoms with Crippen LogP contribution in [-0.2, 0) is 0 Å². The van der Waals surface area contributed by atoms with Gasteiger partial charge in [-0.3, -0.25) is 4.79 Å². The Morgan fingerprint density at radius 3 is 1.73 bits per heavy atom. The number of halogens is 2. The summed E-state index contributed by atoms with van der Waals surface area (Å²) in [5.74, 6) is 2.85. The lowest BCUT2D eigenvalue weighted by atomic mass is 9.82. The van der Waals surface area contributed by atoms with E-state index in [9.17, 15) is 25.4 Å². The van der Waals surface area contributed by atoms with Gasteiger partial charge in [0, 0.05) is 32.7 Å². The van der Waals surface area contributed by atoms with E-state index in [1.165, 1.54) is 7.11 Å². The lowest BCUT2D eigenvalue weighted by Crippen LogP contribution is -2.21. The standard InChI is InChI=1S/C22H17BrN2O4.C10H8O2.C9H9BrO3.C3H2N2/c1-27-18-9-11(8-16(23)21(18)28-2)19-14-7-6-12-13(4-3-5-17(12)26)20(14)29-22(25)15(19)10-24;11-9-5-1-3-7-8(9)4-2-6-10(7)12;1-12-8-4-6(5-11)3-7(10)9(8)13-2;1-5-3-2-4/h3-9,19,26H,25H2,1-2H3;1-6,11-12H;3-5H,1-2H3;3H2. The number of nitrogens with zero attached hydrogens (tertiary/aromatic N) is 3. The van der Waals surface area contributed by atoms with E-state index < -0.39 is 5.92 Å². The van der Waals surface area contributed by atoms with Crippen molar-refractivity contribution in [3.63, 3.8) is 0 Å². The van der Waals surface area contributed by atoms with Crippen molar-refractivity contribution in [2.75, 3.05) is 35.0 Å². The molecule has 6 aromatic carbocycles. The minimum atomic E-state index is -0.466. The summed E-state index contributed by atoms with van der Waals surface area (Å²) in [5.41, 5.74) is 8.54. The number of benzene rings is 6. The fourth-order valence-corrected chi connectivity index (χ4v) is 7.27. The molecular weight excluding hydrogens is 888 g/mol. The summed E-state index contributed by atoms with van der Waals surface area (Å²) >= 11 is 6.79. The number of phenolic OH excluding ortho intramolecular Hbond substituents is 3. The van der Waals surface area contributed by atoms with Crippen molar-refractivity contribution in [2.45, 2.75) is 5.92 Å². The first kappa shape index (κ1) is 44.6. The molecule has 0 spiro atoms. The average molecular weight is 925 g/mol. The fourth-order valence-electron chi connectivity index (χ4n) is 6.02. The molecule has 7 rings (SSSR count). The summed E-state index contributed by atoms with van der Waals surface area (Å²) in [5, 5.41) is 49.1. The van der Waals surface area contributed by atoms with E-state index in [1.54, 1.807) is 88.1 Å². The number of aromatic hydroxyl groups is 3. The Labute approximate surface area is 356 Å². The van der Waals surface area contributed by atoms with Crippen LogP contribution < -0.4 is 29.4 Å². The Morgan fingerprint density at radius 1 is 0.763 bits per heavy atom. The van der Waals surface area contributed by atoms with Crippen molar-refractivity contribution in [3.05, 3.63) is 140 Å². The van der Waals surface area contributed by atoms with E-state index in [0.717, 1.165) is 17.4 Å². The number of allylic oxidation sites excluding steroid dienone is 1. The molecule has 1 unspecified atom stereocenters. The van der Waals surface area contributed by atoms with Crippen LogP contribution in [0.5, 0.6) is 46.0 Å². The number of hydrogen-bond donors (Lipinski definition) is 4. The number of ether oxygens (including phenoxy) is 5. The number of fused-ring (bicyclic) bond motifs is 4. The second-order valence-electron chi connectivity index (χ2n) is 12.0. The molecule has 0 aromatic heterocycles. The van der Waals surface area contributed by atoms with E-state index in [4.69, 9.17) is 41.3 Å². The number of rotatable bonds is 6. The largest absolute Gasteiger partial charge is 0.507 e. The summed E-state index contributed by atoms with van der Waals surface area (Å²) in [6.07, 6.45) is 0.757. The SMILES string of the molecule is COc1cc(C2C(C#N)=C(N)Oc3c2ccc2c(O)cccc32)cc(Br)c1OC.COc1cc(C=O)cc(Br)c1OC.Oc1cccc2c(O)cccc12.[C-]#[N+]CC#N. The van der Waals surface area contributed by atoms with Crippen LogP contribution in [0.4, 0.5) is 0 Å². The predicted molar refractivity (Wildman–Crippen MR) is 229 cm³/mol. The molecule has 0 fully saturated rings. The second-order valence-corrected chi connectivity index (χ2v) is 13.7. The van der Waals surface area contributed by atoms with Gasteiger partial charge >= 0.3 is 0 Å². The zero-order valence-corrected chi connectivity index (χ0v) is 35.2. The van der Waals surface area contributed by atoms with Gasteiger partial charge in [-0.15, -0.1) is 0 Å². The zero-order valence-electron chi connectivity index (χ0n) is 32.0. The summed E-state index contributed by atoms with van der Waals surface area (Å²) in [6, 6.07) is 29.8. The fraction of sp³-hybridized carbons (Fsp3) is 0.136. The first-order valence-corrected chi connectivity index (χ1v) is 18.7. The highest BCUT2D eigenvalue weighted by Gasteiger charge is 2.33. The van der Waals surface area contributed by atoms with Crippen molar-refractivity contribution >= 4 is 59.7 Å². The molecule has 0 bridgehead atoms. The maximum atomic E-state index is 10.5. The van der Waals surface area contributed by atoms with Crippen LogP contribution in [0.2, 0.25) is 0 Å². The average Bonchev–Trinajstić information content (AvgIpc) is 3.24. The van der Waals surface area contributed by atoms with Gasteiger partial charge in [-0.1, -0.05) is 48.5 Å². The molecule has 13 nitrogen and oxygen atoms in total. The molecule has 1 aliphatic heterocycles. The van der Waals surface area contributed by atoms with Gasteiger partial charge in [-0.2, -0.15) is 10.5 Å². The Kier molecular flexibility index (Phi) is 15.8. The number of phenols is 3. The van der Waals surface area contributed by atoms with Gasteiger partial charge in [0.05, 0.1) is 43.3 Å². The van der Waals surface area contributed by atoms with Crippen molar-refractivity contribution < 1.29 is 43.8 Å². The molecule has 0 saturated carbocycles. The van der Waals surface area contributed by atoms with Crippen molar-refractivity contribution in [2.24, 2.45) is 5.73 Å². The van der Waals surface area contributed by atoms with E-state index in [0.29, 0.717) is 70.4 Å².